The van der Waals surface area contributed by atoms with E-state index in [9.17, 15) is 8.42 Å². The van der Waals surface area contributed by atoms with Crippen molar-refractivity contribution in [3.63, 3.8) is 0 Å². The van der Waals surface area contributed by atoms with Crippen LogP contribution in [0.3, 0.4) is 0 Å². The number of nitrogens with zero attached hydrogens (tertiary/aromatic N) is 1. The summed E-state index contributed by atoms with van der Waals surface area (Å²) in [6.07, 6.45) is 0. The van der Waals surface area contributed by atoms with Crippen LogP contribution >= 0.6 is 22.9 Å². The van der Waals surface area contributed by atoms with Gasteiger partial charge in [-0.15, -0.1) is 22.9 Å². The normalized spacial score (nSPS) is 14.1. The van der Waals surface area contributed by atoms with Crippen LogP contribution in [0.1, 0.15) is 17.5 Å². The van der Waals surface area contributed by atoms with Crippen molar-refractivity contribution in [2.24, 2.45) is 5.92 Å². The molecule has 0 radical (unpaired) electrons. The molecule has 0 amide bonds. The van der Waals surface area contributed by atoms with Crippen molar-refractivity contribution in [2.75, 3.05) is 11.6 Å². The van der Waals surface area contributed by atoms with Gasteiger partial charge in [-0.3, -0.25) is 0 Å². The summed E-state index contributed by atoms with van der Waals surface area (Å²) >= 11 is 6.83. The maximum absolute atomic E-state index is 11.9. The topological polar surface area (TPSA) is 47.0 Å². The van der Waals surface area contributed by atoms with Gasteiger partial charge >= 0.3 is 0 Å². The predicted octanol–water partition coefficient (Wildman–Crippen LogP) is 2.41. The second-order valence-electron chi connectivity index (χ2n) is 3.66. The smallest absolute Gasteiger partial charge is 0.209 e. The molecular weight excluding hydrogens is 254 g/mol. The fraction of sp³-hybridized carbons (Fsp3) is 0.667. The van der Waals surface area contributed by atoms with Crippen LogP contribution in [-0.4, -0.2) is 25.0 Å². The number of hydrogen-bond acceptors (Lipinski definition) is 4. The lowest BCUT2D eigenvalue weighted by atomic mass is 10.3. The molecule has 1 aromatic heterocycles. The number of aryl methyl sites for hydroxylation is 2. The highest BCUT2D eigenvalue weighted by atomic mass is 35.5. The van der Waals surface area contributed by atoms with Crippen LogP contribution in [0.25, 0.3) is 0 Å². The molecule has 1 heterocycles. The van der Waals surface area contributed by atoms with E-state index in [1.54, 1.807) is 0 Å². The van der Waals surface area contributed by atoms with E-state index in [2.05, 4.69) is 4.98 Å². The first kappa shape index (κ1) is 12.9. The van der Waals surface area contributed by atoms with E-state index in [1.165, 1.54) is 11.3 Å². The van der Waals surface area contributed by atoms with E-state index < -0.39 is 9.84 Å². The van der Waals surface area contributed by atoms with Crippen LogP contribution in [0.2, 0.25) is 0 Å². The van der Waals surface area contributed by atoms with Crippen LogP contribution in [0.5, 0.6) is 0 Å². The lowest BCUT2D eigenvalue weighted by Crippen LogP contribution is -2.15. The predicted molar refractivity (Wildman–Crippen MR) is 63.5 cm³/mol. The van der Waals surface area contributed by atoms with Gasteiger partial charge in [0.1, 0.15) is 0 Å². The molecule has 0 fully saturated rings. The Hall–Kier alpha value is -0.130. The second-order valence-corrected chi connectivity index (χ2v) is 7.38. The third-order valence-electron chi connectivity index (χ3n) is 2.04. The molecule has 1 unspecified atom stereocenters. The highest BCUT2D eigenvalue weighted by molar-refractivity contribution is 7.93. The van der Waals surface area contributed by atoms with Gasteiger partial charge in [-0.1, -0.05) is 6.92 Å². The minimum Gasteiger partial charge on any atom is -0.230 e. The number of aromatic nitrogens is 1. The van der Waals surface area contributed by atoms with Gasteiger partial charge < -0.3 is 0 Å². The Kier molecular flexibility index (Phi) is 4.14. The van der Waals surface area contributed by atoms with Crippen molar-refractivity contribution in [1.29, 1.82) is 0 Å². The molecular formula is C9H14ClNO2S2. The maximum Gasteiger partial charge on any atom is 0.209 e. The van der Waals surface area contributed by atoms with Gasteiger partial charge in [0.25, 0.3) is 0 Å². The van der Waals surface area contributed by atoms with Gasteiger partial charge in [-0.05, 0) is 19.8 Å². The summed E-state index contributed by atoms with van der Waals surface area (Å²) in [5.41, 5.74) is 0.789. The van der Waals surface area contributed by atoms with Gasteiger partial charge in [0.2, 0.25) is 14.2 Å². The number of halogens is 1. The Labute approximate surface area is 99.4 Å². The van der Waals surface area contributed by atoms with Crippen LogP contribution in [0.4, 0.5) is 0 Å². The zero-order chi connectivity index (χ0) is 11.6. The molecule has 1 rings (SSSR count). The quantitative estimate of drug-likeness (QED) is 0.787. The highest BCUT2D eigenvalue weighted by Crippen LogP contribution is 2.23. The van der Waals surface area contributed by atoms with Crippen LogP contribution < -0.4 is 0 Å². The van der Waals surface area contributed by atoms with E-state index >= 15 is 0 Å². The monoisotopic (exact) mass is 267 g/mol. The zero-order valence-electron chi connectivity index (χ0n) is 8.95. The van der Waals surface area contributed by atoms with Crippen LogP contribution in [0, 0.1) is 19.8 Å². The molecule has 0 aromatic carbocycles. The van der Waals surface area contributed by atoms with Gasteiger partial charge in [0, 0.05) is 10.8 Å². The summed E-state index contributed by atoms with van der Waals surface area (Å²) in [6.45, 7) is 5.50. The van der Waals surface area contributed by atoms with Crippen molar-refractivity contribution in [3.8, 4) is 0 Å². The Morgan fingerprint density at radius 2 is 2.07 bits per heavy atom. The lowest BCUT2D eigenvalue weighted by molar-refractivity contribution is 0.582. The summed E-state index contributed by atoms with van der Waals surface area (Å²) in [4.78, 5) is 5.01. The molecule has 15 heavy (non-hydrogen) atoms. The highest BCUT2D eigenvalue weighted by Gasteiger charge is 2.22. The van der Waals surface area contributed by atoms with Gasteiger partial charge in [0.15, 0.2) is 0 Å². The first-order valence-electron chi connectivity index (χ1n) is 4.59. The Morgan fingerprint density at radius 1 is 1.47 bits per heavy atom. The molecule has 0 saturated heterocycles. The molecule has 1 aromatic rings. The van der Waals surface area contributed by atoms with Crippen molar-refractivity contribution in [3.05, 3.63) is 10.6 Å². The average molecular weight is 268 g/mol. The Morgan fingerprint density at radius 3 is 2.47 bits per heavy atom. The molecule has 0 aliphatic rings. The van der Waals surface area contributed by atoms with E-state index in [-0.39, 0.29) is 16.0 Å². The molecule has 3 nitrogen and oxygen atoms in total. The van der Waals surface area contributed by atoms with Crippen molar-refractivity contribution in [2.45, 2.75) is 25.1 Å². The first-order chi connectivity index (χ1) is 6.86. The number of sulfone groups is 1. The summed E-state index contributed by atoms with van der Waals surface area (Å²) in [7, 11) is -3.25. The summed E-state index contributed by atoms with van der Waals surface area (Å²) in [6, 6.07) is 0. The first-order valence-corrected chi connectivity index (χ1v) is 7.60. The third-order valence-corrected chi connectivity index (χ3v) is 6.08. The molecule has 1 atom stereocenters. The number of hydrogen-bond donors (Lipinski definition) is 0. The number of alkyl halides is 1. The molecule has 0 spiro atoms. The van der Waals surface area contributed by atoms with E-state index in [0.29, 0.717) is 5.88 Å². The maximum atomic E-state index is 11.9. The van der Waals surface area contributed by atoms with Gasteiger partial charge in [-0.25, -0.2) is 13.4 Å². The van der Waals surface area contributed by atoms with E-state index in [1.807, 2.05) is 20.8 Å². The van der Waals surface area contributed by atoms with Gasteiger partial charge in [-0.2, -0.15) is 0 Å². The Balaban J connectivity index is 2.96. The fourth-order valence-electron chi connectivity index (χ4n) is 1.07. The average Bonchev–Trinajstić information content (AvgIpc) is 2.47. The summed E-state index contributed by atoms with van der Waals surface area (Å²) in [5, 5.41) is 0. The zero-order valence-corrected chi connectivity index (χ0v) is 11.3. The van der Waals surface area contributed by atoms with Crippen molar-refractivity contribution in [1.82, 2.24) is 4.98 Å². The summed E-state index contributed by atoms with van der Waals surface area (Å²) < 4.78 is 23.9. The lowest BCUT2D eigenvalue weighted by Gasteiger charge is -2.05. The second kappa shape index (κ2) is 4.80. The van der Waals surface area contributed by atoms with E-state index in [0.717, 1.165) is 10.6 Å². The van der Waals surface area contributed by atoms with E-state index in [4.69, 9.17) is 11.6 Å². The van der Waals surface area contributed by atoms with Crippen LogP contribution in [-0.2, 0) is 9.84 Å². The number of thiazole rings is 1. The largest absolute Gasteiger partial charge is 0.230 e. The molecule has 0 aliphatic carbocycles. The van der Waals surface area contributed by atoms with Crippen LogP contribution in [0.15, 0.2) is 4.34 Å². The molecule has 0 aliphatic heterocycles. The molecule has 0 saturated carbocycles. The fourth-order valence-corrected chi connectivity index (χ4v) is 4.32. The Bertz CT molecular complexity index is 419. The molecule has 0 N–H and O–H groups in total. The standard InChI is InChI=1S/C9H14ClNO2S2/c1-6(4-10)5-15(12,13)9-11-7(2)8(3)14-9/h6H,4-5H2,1-3H3. The van der Waals surface area contributed by atoms with Crippen molar-refractivity contribution < 1.29 is 8.42 Å². The molecule has 0 bridgehead atoms. The minimum absolute atomic E-state index is 0.0406. The molecule has 6 heteroatoms. The minimum atomic E-state index is -3.25. The third kappa shape index (κ3) is 3.16. The van der Waals surface area contributed by atoms with Gasteiger partial charge in [0.05, 0.1) is 11.4 Å². The molecule has 86 valence electrons. The number of rotatable bonds is 4. The van der Waals surface area contributed by atoms with Crippen molar-refractivity contribution >= 4 is 32.8 Å². The summed E-state index contributed by atoms with van der Waals surface area (Å²) in [5.74, 6) is 0.382. The SMILES string of the molecule is Cc1nc(S(=O)(=O)CC(C)CCl)sc1C.